The van der Waals surface area contributed by atoms with Gasteiger partial charge in [0.05, 0.1) is 70.5 Å². The number of rotatable bonds is 22. The van der Waals surface area contributed by atoms with Crippen molar-refractivity contribution in [3.8, 4) is 35.0 Å². The minimum absolute atomic E-state index is 0.0464. The van der Waals surface area contributed by atoms with E-state index >= 15 is 0 Å². The van der Waals surface area contributed by atoms with Crippen molar-refractivity contribution in [2.75, 3.05) is 0 Å². The summed E-state index contributed by atoms with van der Waals surface area (Å²) in [6, 6.07) is 25.3. The Hall–Kier alpha value is -6.27. The van der Waals surface area contributed by atoms with Gasteiger partial charge in [-0.2, -0.15) is 16.5 Å². The van der Waals surface area contributed by atoms with Crippen molar-refractivity contribution in [3.05, 3.63) is 151 Å². The highest BCUT2D eigenvalue weighted by atomic mass is 35.5. The summed E-state index contributed by atoms with van der Waals surface area (Å²) in [5.74, 6) is 3.89. The van der Waals surface area contributed by atoms with Crippen molar-refractivity contribution in [2.45, 2.75) is 208 Å². The number of halogens is 3. The second kappa shape index (κ2) is 37.0. The normalized spacial score (nSPS) is 12.3. The molecule has 0 saturated heterocycles. The number of aromatic nitrogens is 4. The topological polar surface area (TPSA) is 190 Å². The maximum atomic E-state index is 10.3. The minimum Gasteiger partial charge on any atom is -0.420 e. The first kappa shape index (κ1) is 70.8. The number of aliphatic hydroxyl groups is 1. The molecule has 81 heavy (non-hydrogen) atoms. The second-order valence-electron chi connectivity index (χ2n) is 21.6. The van der Waals surface area contributed by atoms with Crippen LogP contribution in [0.5, 0.6) is 0 Å². The fourth-order valence-electron chi connectivity index (χ4n) is 8.24. The molecule has 436 valence electrons. The quantitative estimate of drug-likeness (QED) is 0.0285. The minimum atomic E-state index is -2.07. The summed E-state index contributed by atoms with van der Waals surface area (Å²) < 4.78 is 27.7. The Morgan fingerprint density at radius 2 is 0.963 bits per heavy atom. The van der Waals surface area contributed by atoms with Crippen LogP contribution in [0.4, 0.5) is 15.9 Å². The Labute approximate surface area is 494 Å². The summed E-state index contributed by atoms with van der Waals surface area (Å²) in [5.41, 5.74) is 6.98. The number of hydrogen-bond donors (Lipinski definition) is 2. The van der Waals surface area contributed by atoms with Crippen LogP contribution in [-0.4, -0.2) is 46.0 Å². The second-order valence-corrected chi connectivity index (χ2v) is 27.1. The number of nitrogens with two attached hydrogens (primary N) is 1. The zero-order chi connectivity index (χ0) is 60.7. The average Bonchev–Trinajstić information content (AvgIpc) is 4.25. The van der Waals surface area contributed by atoms with Crippen molar-refractivity contribution in [1.29, 1.82) is 10.5 Å². The van der Waals surface area contributed by atoms with Crippen molar-refractivity contribution < 1.29 is 22.8 Å². The molecule has 2 heterocycles. The molecule has 0 amide bonds. The van der Waals surface area contributed by atoms with Crippen LogP contribution in [0.25, 0.3) is 32.6 Å². The first-order valence-corrected chi connectivity index (χ1v) is 31.9. The van der Waals surface area contributed by atoms with Crippen LogP contribution in [0.3, 0.4) is 0 Å². The third-order valence-electron chi connectivity index (χ3n) is 14.5. The molecule has 0 fully saturated rings. The molecule has 0 aliphatic heterocycles. The van der Waals surface area contributed by atoms with Crippen LogP contribution in [0.15, 0.2) is 81.6 Å². The molecule has 0 aliphatic carbocycles. The van der Waals surface area contributed by atoms with E-state index in [9.17, 15) is 5.11 Å². The molecule has 6 rings (SSSR count). The summed E-state index contributed by atoms with van der Waals surface area (Å²) >= 11 is 12.7. The fraction of sp³-hybridized carbons (Fsp3) is 0.500. The molecule has 2 aromatic heterocycles. The lowest BCUT2D eigenvalue weighted by Crippen LogP contribution is -2.44. The van der Waals surface area contributed by atoms with Gasteiger partial charge in [-0.25, -0.2) is 9.69 Å². The molecule has 6 aromatic rings. The Morgan fingerprint density at radius 1 is 0.617 bits per heavy atom. The number of hydrogen-bond acceptors (Lipinski definition) is 11. The molecule has 0 unspecified atom stereocenters. The Morgan fingerprint density at radius 3 is 1.27 bits per heavy atom. The van der Waals surface area contributed by atoms with E-state index in [2.05, 4.69) is 117 Å². The predicted octanol–water partition coefficient (Wildman–Crippen LogP) is 19.2. The third kappa shape index (κ3) is 22.5. The van der Waals surface area contributed by atoms with Crippen molar-refractivity contribution in [3.63, 3.8) is 0 Å². The lowest BCUT2D eigenvalue weighted by atomic mass is 9.92. The zero-order valence-electron chi connectivity index (χ0n) is 50.1. The molecule has 4 atom stereocenters. The number of nitriles is 2. The molecule has 0 aliphatic rings. The van der Waals surface area contributed by atoms with E-state index in [4.69, 9.17) is 64.6 Å². The van der Waals surface area contributed by atoms with Crippen molar-refractivity contribution >= 4 is 42.9 Å². The Balaban J connectivity index is 0.000000430. The van der Waals surface area contributed by atoms with Gasteiger partial charge in [-0.15, -0.1) is 24.9 Å². The van der Waals surface area contributed by atoms with Gasteiger partial charge in [-0.3, -0.25) is 0 Å². The molecule has 3 N–H and O–H groups in total. The monoisotopic (exact) mass is 1160 g/mol. The number of benzene rings is 4. The molecule has 0 bridgehead atoms. The zero-order valence-corrected chi connectivity index (χ0v) is 52.6. The van der Waals surface area contributed by atoms with E-state index in [1.165, 1.54) is 77.0 Å². The Bertz CT molecular complexity index is 2940. The van der Waals surface area contributed by atoms with Gasteiger partial charge in [0.25, 0.3) is 0 Å². The lowest BCUT2D eigenvalue weighted by Gasteiger charge is -2.40. The summed E-state index contributed by atoms with van der Waals surface area (Å²) in [6.45, 7) is 42.1. The number of unbranched alkanes of at least 4 members (excludes halogenated alkanes) is 10. The highest BCUT2D eigenvalue weighted by Gasteiger charge is 2.41. The van der Waals surface area contributed by atoms with Crippen LogP contribution in [0.2, 0.25) is 28.2 Å². The molecule has 13 nitrogen and oxygen atoms in total. The first-order chi connectivity index (χ1) is 38.6. The largest absolute Gasteiger partial charge is 0.420 e. The SMILES string of the molecule is CCCCCCCC.CCCCCCCC.NF.[C-]#[N+]c1ccc(C[C@@H](c2nnc(-c3ccc(C#N)cc3)o2)[C@H](C)O)c(C)c1Cl.[C-]#[N+]c1ccc(C[C@@H](c2nnc(-c3ccc(C#N)cc3)o2)[C@H](C)O[Si](C)(C)C(C)(C)C)c(C)c1Cl. The molecule has 17 heteroatoms. The highest BCUT2D eigenvalue weighted by Crippen LogP contribution is 2.41. The molecule has 4 aromatic carbocycles. The van der Waals surface area contributed by atoms with Crippen LogP contribution in [0.1, 0.15) is 196 Å². The molecule has 0 saturated carbocycles. The summed E-state index contributed by atoms with van der Waals surface area (Å²) in [4.78, 5) is 6.91. The summed E-state index contributed by atoms with van der Waals surface area (Å²) in [5, 5.41) is 46.1. The predicted molar refractivity (Wildman–Crippen MR) is 330 cm³/mol. The lowest BCUT2D eigenvalue weighted by molar-refractivity contribution is 0.148. The van der Waals surface area contributed by atoms with Crippen molar-refractivity contribution in [1.82, 2.24) is 20.4 Å². The standard InChI is InChI=1S/C27H31ClN4O2Si.C21H17ClN4O2.2C8H18.FH2N/c1-17-21(13-14-23(30-6)24(17)28)15-22(18(2)34-35(7,8)27(3,4)5)26-32-31-25(33-26)20-11-9-19(16-29)10-12-20;1-12-16(8-9-18(24-3)19(12)22)10-17(13(2)27)21-26-25-20(28-21)15-6-4-14(11-23)5-7-15;2*1-3-5-7-8-6-4-2;1-2/h9-14,18,22H,15H2,1-5,7-8H3;4-9,13,17,27H,10H2,1-2H3;2*3-8H2,1-2H3;2H2/t18-,22+;13-,17+;;;/m00.../s1. The van der Waals surface area contributed by atoms with Gasteiger partial charge in [0.2, 0.25) is 34.9 Å². The first-order valence-electron chi connectivity index (χ1n) is 28.2. The van der Waals surface area contributed by atoms with E-state index in [0.29, 0.717) is 74.5 Å². The van der Waals surface area contributed by atoms with Crippen LogP contribution in [-0.2, 0) is 17.3 Å². The van der Waals surface area contributed by atoms with E-state index in [0.717, 1.165) is 27.8 Å². The highest BCUT2D eigenvalue weighted by molar-refractivity contribution is 6.74. The van der Waals surface area contributed by atoms with E-state index in [1.807, 2.05) is 26.0 Å². The van der Waals surface area contributed by atoms with Gasteiger partial charge >= 0.3 is 0 Å². The molecule has 0 spiro atoms. The van der Waals surface area contributed by atoms with E-state index in [-0.39, 0.29) is 17.1 Å². The summed E-state index contributed by atoms with van der Waals surface area (Å²) in [6.07, 6.45) is 17.1. The fourth-order valence-corrected chi connectivity index (χ4v) is 10.1. The molecular weight excluding hydrogens is 1080 g/mol. The molecular formula is C64H86Cl2FN9O4Si. The maximum Gasteiger partial charge on any atom is 0.247 e. The summed E-state index contributed by atoms with van der Waals surface area (Å²) in [7, 11) is -2.07. The van der Waals surface area contributed by atoms with Gasteiger partial charge < -0.3 is 18.4 Å². The van der Waals surface area contributed by atoms with Gasteiger partial charge in [0, 0.05) is 11.1 Å². The average molecular weight is 1160 g/mol. The van der Waals surface area contributed by atoms with E-state index < -0.39 is 20.3 Å². The Kier molecular flexibility index (Phi) is 32.3. The van der Waals surface area contributed by atoms with Gasteiger partial charge in [-0.1, -0.05) is 173 Å². The van der Waals surface area contributed by atoms with Crippen molar-refractivity contribution in [2.24, 2.45) is 5.96 Å². The van der Waals surface area contributed by atoms with Crippen LogP contribution < -0.4 is 5.96 Å². The van der Waals surface area contributed by atoms with Crippen LogP contribution >= 0.6 is 23.2 Å². The number of aliphatic hydroxyl groups excluding tert-OH is 1. The van der Waals surface area contributed by atoms with E-state index in [1.54, 1.807) is 67.6 Å². The maximum absolute atomic E-state index is 10.3. The van der Waals surface area contributed by atoms with Gasteiger partial charge in [-0.05, 0) is 129 Å². The van der Waals surface area contributed by atoms with Crippen LogP contribution in [0, 0.1) is 49.7 Å². The number of nitrogens with zero attached hydrogens (tertiary/aromatic N) is 8. The molecule has 0 radical (unpaired) electrons. The van der Waals surface area contributed by atoms with Gasteiger partial charge in [0.1, 0.15) is 0 Å². The smallest absolute Gasteiger partial charge is 0.247 e. The van der Waals surface area contributed by atoms with Gasteiger partial charge in [0.15, 0.2) is 8.32 Å². The third-order valence-corrected chi connectivity index (χ3v) is 20.0.